The number of piperazine rings is 1. The first-order valence-corrected chi connectivity index (χ1v) is 17.3. The fourth-order valence-electron chi connectivity index (χ4n) is 6.05. The molecule has 1 aromatic carbocycles. The summed E-state index contributed by atoms with van der Waals surface area (Å²) in [6.07, 6.45) is 10.2. The molecule has 2 aliphatic heterocycles. The van der Waals surface area contributed by atoms with Gasteiger partial charge in [0.15, 0.2) is 0 Å². The van der Waals surface area contributed by atoms with Crippen molar-refractivity contribution in [1.29, 1.82) is 0 Å². The van der Waals surface area contributed by atoms with Gasteiger partial charge in [0, 0.05) is 70.2 Å². The molecule has 2 fully saturated rings. The Bertz CT molecular complexity index is 1630. The number of hydrogen-bond donors (Lipinski definition) is 3. The lowest BCUT2D eigenvalue weighted by Gasteiger charge is -2.42. The summed E-state index contributed by atoms with van der Waals surface area (Å²) in [6.45, 7) is 8.78. The van der Waals surface area contributed by atoms with Crippen LogP contribution in [0, 0.1) is 0 Å². The number of pyridine rings is 1. The van der Waals surface area contributed by atoms with E-state index in [0.717, 1.165) is 102 Å². The topological polar surface area (TPSA) is 119 Å². The number of likely N-dealkylation sites (N-methyl/N-ethyl adjacent to an activating group) is 1. The van der Waals surface area contributed by atoms with E-state index in [0.29, 0.717) is 23.7 Å². The van der Waals surface area contributed by atoms with Crippen LogP contribution in [0.4, 0.5) is 34.6 Å². The molecule has 14 heteroatoms. The van der Waals surface area contributed by atoms with E-state index >= 15 is 0 Å². The summed E-state index contributed by atoms with van der Waals surface area (Å²) < 4.78 is 9.85. The number of nitrogens with one attached hydrogen (secondary N) is 3. The zero-order valence-corrected chi connectivity index (χ0v) is 28.6. The van der Waals surface area contributed by atoms with Gasteiger partial charge in [0.2, 0.25) is 11.8 Å². The van der Waals surface area contributed by atoms with Crippen molar-refractivity contribution in [1.82, 2.24) is 34.7 Å². The van der Waals surface area contributed by atoms with Gasteiger partial charge < -0.3 is 29.9 Å². The molecule has 4 aromatic rings. The number of hydrogen-bond acceptors (Lipinski definition) is 13. The lowest BCUT2D eigenvalue weighted by Crippen LogP contribution is -2.52. The number of methoxy groups -OCH3 is 1. The predicted molar refractivity (Wildman–Crippen MR) is 187 cm³/mol. The molecule has 0 saturated carbocycles. The van der Waals surface area contributed by atoms with Crippen LogP contribution in [0.3, 0.4) is 0 Å². The highest BCUT2D eigenvalue weighted by atomic mass is 79.9. The Hall–Kier alpha value is -3.46. The maximum Gasteiger partial charge on any atom is 0.239 e. The van der Waals surface area contributed by atoms with E-state index in [-0.39, 0.29) is 0 Å². The maximum atomic E-state index is 5.79. The van der Waals surface area contributed by atoms with Crippen LogP contribution in [-0.4, -0.2) is 100 Å². The Morgan fingerprint density at radius 1 is 0.978 bits per heavy atom. The number of nitrogens with zero attached hydrogens (tertiary/aromatic N) is 8. The highest BCUT2D eigenvalue weighted by Crippen LogP contribution is 2.36. The van der Waals surface area contributed by atoms with Gasteiger partial charge in [-0.15, -0.1) is 0 Å². The number of piperidine rings is 1. The van der Waals surface area contributed by atoms with Crippen LogP contribution in [0.5, 0.6) is 5.88 Å². The van der Waals surface area contributed by atoms with Crippen LogP contribution in [-0.2, 0) is 6.42 Å². The first kappa shape index (κ1) is 31.5. The predicted octanol–water partition coefficient (Wildman–Crippen LogP) is 5.54. The van der Waals surface area contributed by atoms with Gasteiger partial charge in [0.1, 0.15) is 22.8 Å². The molecule has 0 spiro atoms. The number of aromatic nitrogens is 5. The second-order valence-corrected chi connectivity index (χ2v) is 12.8. The highest BCUT2D eigenvalue weighted by molar-refractivity contribution is 9.10. The molecule has 238 valence electrons. The van der Waals surface area contributed by atoms with Crippen molar-refractivity contribution in [2.24, 2.45) is 0 Å². The summed E-state index contributed by atoms with van der Waals surface area (Å²) in [4.78, 5) is 30.8. The number of ether oxygens (including phenoxy) is 1. The van der Waals surface area contributed by atoms with Crippen molar-refractivity contribution in [2.75, 3.05) is 79.9 Å². The molecule has 45 heavy (non-hydrogen) atoms. The number of benzene rings is 1. The summed E-state index contributed by atoms with van der Waals surface area (Å²) in [5.41, 5.74) is 5.11. The van der Waals surface area contributed by atoms with Gasteiger partial charge in [0.05, 0.1) is 28.5 Å². The van der Waals surface area contributed by atoms with Crippen molar-refractivity contribution in [2.45, 2.75) is 32.2 Å². The lowest BCUT2D eigenvalue weighted by atomic mass is 10.0. The molecule has 3 N–H and O–H groups in total. The number of rotatable bonds is 10. The normalized spacial score (nSPS) is 16.6. The Morgan fingerprint density at radius 2 is 1.76 bits per heavy atom. The van der Waals surface area contributed by atoms with Crippen LogP contribution in [0.15, 0.2) is 41.3 Å². The van der Waals surface area contributed by atoms with Gasteiger partial charge in [0.25, 0.3) is 0 Å². The second kappa shape index (κ2) is 14.3. The molecule has 5 heterocycles. The molecule has 0 radical (unpaired) electrons. The van der Waals surface area contributed by atoms with Gasteiger partial charge in [-0.1, -0.05) is 18.9 Å². The number of anilines is 6. The van der Waals surface area contributed by atoms with Gasteiger partial charge in [-0.3, -0.25) is 14.9 Å². The van der Waals surface area contributed by atoms with E-state index in [1.165, 1.54) is 11.9 Å². The molecule has 2 aliphatic rings. The minimum Gasteiger partial charge on any atom is -0.479 e. The SMILES string of the molecule is CCc1cc(Nc2ncc(Br)c(Nc3ccc4nccnc4c3NSC)n2)c(OC)nc1N1CCC(N2CCN(C)CC2)CC1. The zero-order valence-electron chi connectivity index (χ0n) is 26.2. The molecule has 0 unspecified atom stereocenters. The summed E-state index contributed by atoms with van der Waals surface area (Å²) in [5.74, 6) is 2.54. The van der Waals surface area contributed by atoms with Crippen LogP contribution >= 0.6 is 27.9 Å². The largest absolute Gasteiger partial charge is 0.479 e. The Labute approximate surface area is 277 Å². The summed E-state index contributed by atoms with van der Waals surface area (Å²) in [6, 6.07) is 6.67. The van der Waals surface area contributed by atoms with Gasteiger partial charge in [-0.25, -0.2) is 4.98 Å². The van der Waals surface area contributed by atoms with Crippen molar-refractivity contribution in [3.05, 3.63) is 46.8 Å². The van der Waals surface area contributed by atoms with Crippen molar-refractivity contribution < 1.29 is 4.74 Å². The van der Waals surface area contributed by atoms with E-state index in [4.69, 9.17) is 14.7 Å². The summed E-state index contributed by atoms with van der Waals surface area (Å²) in [7, 11) is 3.87. The van der Waals surface area contributed by atoms with Crippen molar-refractivity contribution in [3.63, 3.8) is 0 Å². The van der Waals surface area contributed by atoms with Crippen molar-refractivity contribution >= 4 is 73.6 Å². The van der Waals surface area contributed by atoms with E-state index < -0.39 is 0 Å². The Balaban J connectivity index is 1.21. The van der Waals surface area contributed by atoms with Gasteiger partial charge in [-0.05, 0) is 66.0 Å². The molecule has 0 atom stereocenters. The monoisotopic (exact) mass is 693 g/mol. The number of halogens is 1. The Morgan fingerprint density at radius 3 is 2.49 bits per heavy atom. The first-order chi connectivity index (χ1) is 22.0. The second-order valence-electron chi connectivity index (χ2n) is 11.3. The average molecular weight is 695 g/mol. The number of fused-ring (bicyclic) bond motifs is 1. The molecular weight excluding hydrogens is 654 g/mol. The molecule has 3 aromatic heterocycles. The molecule has 6 rings (SSSR count). The maximum absolute atomic E-state index is 5.79. The standard InChI is InChI=1S/C31H40BrN11OS/c1-5-20-18-25(30(44-3)39-29(20)43-12-8-21(9-13-43)42-16-14-41(2)15-17-42)37-31-35-19-22(32)28(38-31)36-24-7-6-23-26(27(24)40-45-4)34-11-10-33-23/h6-7,10-11,18-19,21,40H,5,8-9,12-17H2,1-4H3,(H2,35,36,37,38). The average Bonchev–Trinajstić information content (AvgIpc) is 3.07. The molecule has 0 bridgehead atoms. The van der Waals surface area contributed by atoms with Gasteiger partial charge >= 0.3 is 0 Å². The smallest absolute Gasteiger partial charge is 0.239 e. The third-order valence-electron chi connectivity index (χ3n) is 8.52. The molecule has 0 aliphatic carbocycles. The fraction of sp³-hybridized carbons (Fsp3) is 0.452. The minimum absolute atomic E-state index is 0.420. The van der Waals surface area contributed by atoms with Crippen molar-refractivity contribution in [3.8, 4) is 5.88 Å². The van der Waals surface area contributed by atoms with Crippen LogP contribution in [0.25, 0.3) is 11.0 Å². The van der Waals surface area contributed by atoms with Crippen LogP contribution in [0.1, 0.15) is 25.3 Å². The summed E-state index contributed by atoms with van der Waals surface area (Å²) in [5, 5.41) is 6.80. The molecule has 0 amide bonds. The third kappa shape index (κ3) is 7.03. The Kier molecular flexibility index (Phi) is 10.0. The van der Waals surface area contributed by atoms with Crippen LogP contribution in [0.2, 0.25) is 0 Å². The van der Waals surface area contributed by atoms with Crippen LogP contribution < -0.4 is 25.0 Å². The van der Waals surface area contributed by atoms with E-state index in [2.05, 4.69) is 81.0 Å². The minimum atomic E-state index is 0.420. The molecule has 12 nitrogen and oxygen atoms in total. The number of aryl methyl sites for hydroxylation is 1. The zero-order chi connectivity index (χ0) is 31.3. The fourth-order valence-corrected chi connectivity index (χ4v) is 6.75. The highest BCUT2D eigenvalue weighted by Gasteiger charge is 2.28. The van der Waals surface area contributed by atoms with E-state index in [9.17, 15) is 0 Å². The molecule has 2 saturated heterocycles. The van der Waals surface area contributed by atoms with Gasteiger partial charge in [-0.2, -0.15) is 9.97 Å². The lowest BCUT2D eigenvalue weighted by molar-refractivity contribution is 0.0981. The quantitative estimate of drug-likeness (QED) is 0.181. The van der Waals surface area contributed by atoms with E-state index in [1.54, 1.807) is 25.7 Å². The summed E-state index contributed by atoms with van der Waals surface area (Å²) >= 11 is 5.09. The third-order valence-corrected chi connectivity index (χ3v) is 9.51. The first-order valence-electron chi connectivity index (χ1n) is 15.3. The molecular formula is C31H40BrN11OS. The van der Waals surface area contributed by atoms with E-state index in [1.807, 2.05) is 18.4 Å².